The molecule has 0 saturated heterocycles. The van der Waals surface area contributed by atoms with Gasteiger partial charge in [-0.15, -0.1) is 0 Å². The summed E-state index contributed by atoms with van der Waals surface area (Å²) in [6.45, 7) is 4.83. The number of carbonyl (C=O) groups is 1. The van der Waals surface area contributed by atoms with Crippen molar-refractivity contribution < 1.29 is 9.53 Å². The molecule has 0 saturated carbocycles. The number of aryl methyl sites for hydroxylation is 2. The average Bonchev–Trinajstić information content (AvgIpc) is 3.10. The lowest BCUT2D eigenvalue weighted by Crippen LogP contribution is -2.24. The Kier molecular flexibility index (Phi) is 5.93. The number of hydrogen-bond acceptors (Lipinski definition) is 5. The van der Waals surface area contributed by atoms with Crippen LogP contribution >= 0.6 is 0 Å². The zero-order valence-electron chi connectivity index (χ0n) is 17.9. The summed E-state index contributed by atoms with van der Waals surface area (Å²) in [6.07, 6.45) is 2.58. The molecular weight excluding hydrogens is 390 g/mol. The number of amides is 1. The van der Waals surface area contributed by atoms with E-state index >= 15 is 0 Å². The van der Waals surface area contributed by atoms with Crippen LogP contribution < -0.4 is 10.1 Å². The Morgan fingerprint density at radius 2 is 1.97 bits per heavy atom. The van der Waals surface area contributed by atoms with Crippen molar-refractivity contribution in [3.8, 4) is 17.1 Å². The molecule has 0 fully saturated rings. The average molecular weight is 415 g/mol. The molecule has 1 aromatic carbocycles. The fraction of sp³-hybridized carbons (Fsp3) is 0.250. The molecule has 0 aliphatic rings. The van der Waals surface area contributed by atoms with Crippen LogP contribution in [0.3, 0.4) is 0 Å². The predicted molar refractivity (Wildman–Crippen MR) is 120 cm³/mol. The molecule has 4 rings (SSSR count). The van der Waals surface area contributed by atoms with Gasteiger partial charge in [0.05, 0.1) is 28.9 Å². The highest BCUT2D eigenvalue weighted by atomic mass is 16.5. The van der Waals surface area contributed by atoms with E-state index in [1.54, 1.807) is 10.9 Å². The van der Waals surface area contributed by atoms with E-state index in [1.165, 1.54) is 0 Å². The van der Waals surface area contributed by atoms with Crippen LogP contribution in [0, 0.1) is 6.92 Å². The molecule has 0 radical (unpaired) electrons. The fourth-order valence-electron chi connectivity index (χ4n) is 3.54. The number of rotatable bonds is 7. The van der Waals surface area contributed by atoms with Crippen LogP contribution in [0.25, 0.3) is 22.3 Å². The standard InChI is InChI=1S/C24H25N5O2/c1-4-13-31-24-18(11-8-12-25-24)15-26-23(30)19-14-20(17-9-6-5-7-10-17)27-22-21(19)16(2)28-29(22)3/h5-12,14H,4,13,15H2,1-3H3,(H,26,30). The van der Waals surface area contributed by atoms with E-state index in [0.717, 1.165) is 34.3 Å². The van der Waals surface area contributed by atoms with Gasteiger partial charge < -0.3 is 10.1 Å². The van der Waals surface area contributed by atoms with E-state index in [0.29, 0.717) is 30.2 Å². The highest BCUT2D eigenvalue weighted by Crippen LogP contribution is 2.27. The van der Waals surface area contributed by atoms with Crippen molar-refractivity contribution in [3.05, 3.63) is 71.5 Å². The van der Waals surface area contributed by atoms with Gasteiger partial charge in [-0.25, -0.2) is 9.97 Å². The van der Waals surface area contributed by atoms with Crippen molar-refractivity contribution in [2.75, 3.05) is 6.61 Å². The number of ether oxygens (including phenoxy) is 1. The Morgan fingerprint density at radius 3 is 2.74 bits per heavy atom. The molecule has 0 aliphatic heterocycles. The summed E-state index contributed by atoms with van der Waals surface area (Å²) >= 11 is 0. The van der Waals surface area contributed by atoms with Crippen LogP contribution in [-0.4, -0.2) is 32.3 Å². The van der Waals surface area contributed by atoms with Crippen molar-refractivity contribution in [2.45, 2.75) is 26.8 Å². The fourth-order valence-corrected chi connectivity index (χ4v) is 3.54. The van der Waals surface area contributed by atoms with Crippen LogP contribution in [0.1, 0.15) is 35.0 Å². The Hall–Kier alpha value is -3.74. The summed E-state index contributed by atoms with van der Waals surface area (Å²) in [6, 6.07) is 15.4. The number of pyridine rings is 2. The number of nitrogens with zero attached hydrogens (tertiary/aromatic N) is 4. The highest BCUT2D eigenvalue weighted by molar-refractivity contribution is 6.07. The molecule has 7 heteroatoms. The lowest BCUT2D eigenvalue weighted by molar-refractivity contribution is 0.0952. The molecule has 3 heterocycles. The number of fused-ring (bicyclic) bond motifs is 1. The minimum Gasteiger partial charge on any atom is -0.477 e. The van der Waals surface area contributed by atoms with E-state index < -0.39 is 0 Å². The summed E-state index contributed by atoms with van der Waals surface area (Å²) in [5, 5.41) is 8.25. The summed E-state index contributed by atoms with van der Waals surface area (Å²) in [4.78, 5) is 22.3. The van der Waals surface area contributed by atoms with Gasteiger partial charge in [-0.2, -0.15) is 5.10 Å². The van der Waals surface area contributed by atoms with Crippen LogP contribution in [0.15, 0.2) is 54.7 Å². The van der Waals surface area contributed by atoms with Crippen LogP contribution in [0.4, 0.5) is 0 Å². The predicted octanol–water partition coefficient (Wildman–Crippen LogP) is 4.06. The SMILES string of the molecule is CCCOc1ncccc1CNC(=O)c1cc(-c2ccccc2)nc2c1c(C)nn2C. The second-order valence-corrected chi connectivity index (χ2v) is 7.33. The van der Waals surface area contributed by atoms with Crippen molar-refractivity contribution in [1.29, 1.82) is 0 Å². The normalized spacial score (nSPS) is 10.9. The molecule has 0 spiro atoms. The van der Waals surface area contributed by atoms with Gasteiger partial charge in [-0.05, 0) is 25.5 Å². The summed E-state index contributed by atoms with van der Waals surface area (Å²) < 4.78 is 7.42. The topological polar surface area (TPSA) is 81.9 Å². The first kappa shape index (κ1) is 20.5. The molecular formula is C24H25N5O2. The first-order valence-corrected chi connectivity index (χ1v) is 10.3. The second kappa shape index (κ2) is 8.95. The van der Waals surface area contributed by atoms with Crippen LogP contribution in [-0.2, 0) is 13.6 Å². The number of hydrogen-bond donors (Lipinski definition) is 1. The first-order chi connectivity index (χ1) is 15.1. The molecule has 4 aromatic rings. The van der Waals surface area contributed by atoms with E-state index in [2.05, 4.69) is 15.4 Å². The molecule has 0 unspecified atom stereocenters. The monoisotopic (exact) mass is 415 g/mol. The maximum Gasteiger partial charge on any atom is 0.252 e. The van der Waals surface area contributed by atoms with Gasteiger partial charge in [0.1, 0.15) is 0 Å². The van der Waals surface area contributed by atoms with Crippen LogP contribution in [0.2, 0.25) is 0 Å². The molecule has 0 aliphatic carbocycles. The van der Waals surface area contributed by atoms with Gasteiger partial charge in [0.15, 0.2) is 5.65 Å². The summed E-state index contributed by atoms with van der Waals surface area (Å²) in [5.74, 6) is 0.359. The van der Waals surface area contributed by atoms with Gasteiger partial charge in [-0.1, -0.05) is 43.3 Å². The Balaban J connectivity index is 1.68. The third kappa shape index (κ3) is 4.26. The minimum absolute atomic E-state index is 0.189. The number of aromatic nitrogens is 4. The van der Waals surface area contributed by atoms with Crippen molar-refractivity contribution in [3.63, 3.8) is 0 Å². The highest BCUT2D eigenvalue weighted by Gasteiger charge is 2.19. The molecule has 1 N–H and O–H groups in total. The van der Waals surface area contributed by atoms with E-state index in [9.17, 15) is 4.79 Å². The van der Waals surface area contributed by atoms with E-state index in [-0.39, 0.29) is 5.91 Å². The number of nitrogens with one attached hydrogen (secondary N) is 1. The molecule has 3 aromatic heterocycles. The zero-order chi connectivity index (χ0) is 21.8. The minimum atomic E-state index is -0.189. The Bertz CT molecular complexity index is 1220. The summed E-state index contributed by atoms with van der Waals surface area (Å²) in [5.41, 5.74) is 4.50. The lowest BCUT2D eigenvalue weighted by atomic mass is 10.0. The molecule has 1 amide bonds. The lowest BCUT2D eigenvalue weighted by Gasteiger charge is -2.12. The summed E-state index contributed by atoms with van der Waals surface area (Å²) in [7, 11) is 1.84. The molecule has 158 valence electrons. The van der Waals surface area contributed by atoms with Gasteiger partial charge in [0, 0.05) is 30.9 Å². The molecule has 31 heavy (non-hydrogen) atoms. The van der Waals surface area contributed by atoms with Crippen molar-refractivity contribution in [2.24, 2.45) is 7.05 Å². The maximum atomic E-state index is 13.3. The third-order valence-corrected chi connectivity index (χ3v) is 5.02. The Labute approximate surface area is 181 Å². The number of benzene rings is 1. The Morgan fingerprint density at radius 1 is 1.16 bits per heavy atom. The van der Waals surface area contributed by atoms with Crippen LogP contribution in [0.5, 0.6) is 5.88 Å². The molecule has 0 bridgehead atoms. The zero-order valence-corrected chi connectivity index (χ0v) is 17.9. The third-order valence-electron chi connectivity index (χ3n) is 5.02. The largest absolute Gasteiger partial charge is 0.477 e. The maximum absolute atomic E-state index is 13.3. The van der Waals surface area contributed by atoms with Gasteiger partial charge in [-0.3, -0.25) is 9.48 Å². The quantitative estimate of drug-likeness (QED) is 0.492. The molecule has 7 nitrogen and oxygen atoms in total. The van der Waals surface area contributed by atoms with Crippen molar-refractivity contribution >= 4 is 16.9 Å². The first-order valence-electron chi connectivity index (χ1n) is 10.3. The van der Waals surface area contributed by atoms with Gasteiger partial charge in [0.25, 0.3) is 5.91 Å². The van der Waals surface area contributed by atoms with Crippen molar-refractivity contribution in [1.82, 2.24) is 25.1 Å². The van der Waals surface area contributed by atoms with Gasteiger partial charge >= 0.3 is 0 Å². The van der Waals surface area contributed by atoms with Gasteiger partial charge in [0.2, 0.25) is 5.88 Å². The van der Waals surface area contributed by atoms with E-state index in [4.69, 9.17) is 9.72 Å². The smallest absolute Gasteiger partial charge is 0.252 e. The second-order valence-electron chi connectivity index (χ2n) is 7.33. The number of carbonyl (C=O) groups excluding carboxylic acids is 1. The molecule has 0 atom stereocenters. The van der Waals surface area contributed by atoms with E-state index in [1.807, 2.05) is 69.4 Å².